The van der Waals surface area contributed by atoms with E-state index in [0.29, 0.717) is 6.04 Å². The molecule has 1 saturated heterocycles. The lowest BCUT2D eigenvalue weighted by Crippen LogP contribution is -2.31. The molecule has 108 valence electrons. The minimum atomic E-state index is -0.169. The summed E-state index contributed by atoms with van der Waals surface area (Å²) in [7, 11) is 0. The van der Waals surface area contributed by atoms with Crippen LogP contribution in [0.2, 0.25) is 0 Å². The van der Waals surface area contributed by atoms with Gasteiger partial charge in [-0.25, -0.2) is 4.39 Å². The summed E-state index contributed by atoms with van der Waals surface area (Å²) in [6.07, 6.45) is 2.68. The van der Waals surface area contributed by atoms with Gasteiger partial charge in [-0.2, -0.15) is 0 Å². The fourth-order valence-electron chi connectivity index (χ4n) is 2.31. The molecule has 1 N–H and O–H groups in total. The van der Waals surface area contributed by atoms with Gasteiger partial charge in [0.2, 0.25) is 0 Å². The van der Waals surface area contributed by atoms with Crippen LogP contribution in [0.1, 0.15) is 45.2 Å². The van der Waals surface area contributed by atoms with Gasteiger partial charge < -0.3 is 10.2 Å². The zero-order valence-electron chi connectivity index (χ0n) is 12.5. The highest BCUT2D eigenvalue weighted by Gasteiger charge is 2.11. The molecule has 0 radical (unpaired) electrons. The third kappa shape index (κ3) is 5.70. The van der Waals surface area contributed by atoms with Gasteiger partial charge in [-0.15, -0.1) is 0 Å². The predicted octanol–water partition coefficient (Wildman–Crippen LogP) is 3.60. The average molecular weight is 266 g/mol. The Morgan fingerprint density at radius 1 is 1.16 bits per heavy atom. The Morgan fingerprint density at radius 3 is 2.32 bits per heavy atom. The Morgan fingerprint density at radius 2 is 1.74 bits per heavy atom. The van der Waals surface area contributed by atoms with Crippen LogP contribution in [-0.2, 0) is 0 Å². The number of halogens is 1. The number of nitrogens with zero attached hydrogens (tertiary/aromatic N) is 1. The average Bonchev–Trinajstić information content (AvgIpc) is 2.95. The Kier molecular flexibility index (Phi) is 7.68. The van der Waals surface area contributed by atoms with E-state index >= 15 is 0 Å². The molecule has 1 unspecified atom stereocenters. The van der Waals surface area contributed by atoms with E-state index in [1.807, 2.05) is 26.0 Å². The van der Waals surface area contributed by atoms with Crippen molar-refractivity contribution in [1.29, 1.82) is 0 Å². The first-order chi connectivity index (χ1) is 9.25. The maximum atomic E-state index is 12.8. The summed E-state index contributed by atoms with van der Waals surface area (Å²) in [4.78, 5) is 2.49. The molecule has 1 aromatic carbocycles. The first-order valence-corrected chi connectivity index (χ1v) is 7.47. The van der Waals surface area contributed by atoms with E-state index in [-0.39, 0.29) is 5.82 Å². The van der Waals surface area contributed by atoms with Crippen LogP contribution < -0.4 is 5.32 Å². The quantitative estimate of drug-likeness (QED) is 0.876. The van der Waals surface area contributed by atoms with Gasteiger partial charge in [0.05, 0.1) is 0 Å². The predicted molar refractivity (Wildman–Crippen MR) is 79.8 cm³/mol. The van der Waals surface area contributed by atoms with E-state index in [9.17, 15) is 4.39 Å². The van der Waals surface area contributed by atoms with Crippen LogP contribution in [0.5, 0.6) is 0 Å². The molecule has 2 rings (SSSR count). The SMILES string of the molecule is CC.CC(NCCN1CCCC1)c1ccc(F)cc1. The molecule has 0 aliphatic carbocycles. The molecule has 1 heterocycles. The highest BCUT2D eigenvalue weighted by Crippen LogP contribution is 2.12. The number of likely N-dealkylation sites (tertiary alicyclic amines) is 1. The zero-order valence-corrected chi connectivity index (χ0v) is 12.5. The molecule has 0 aromatic heterocycles. The van der Waals surface area contributed by atoms with Crippen molar-refractivity contribution in [3.8, 4) is 0 Å². The monoisotopic (exact) mass is 266 g/mol. The minimum Gasteiger partial charge on any atom is -0.309 e. The van der Waals surface area contributed by atoms with Crippen molar-refractivity contribution in [2.45, 2.75) is 39.7 Å². The van der Waals surface area contributed by atoms with Crippen LogP contribution >= 0.6 is 0 Å². The Hall–Kier alpha value is -0.930. The summed E-state index contributed by atoms with van der Waals surface area (Å²) in [5, 5.41) is 3.48. The Bertz CT molecular complexity index is 331. The van der Waals surface area contributed by atoms with E-state index in [4.69, 9.17) is 0 Å². The fraction of sp³-hybridized carbons (Fsp3) is 0.625. The van der Waals surface area contributed by atoms with Crippen molar-refractivity contribution in [3.63, 3.8) is 0 Å². The van der Waals surface area contributed by atoms with E-state index in [0.717, 1.165) is 18.7 Å². The van der Waals surface area contributed by atoms with Gasteiger partial charge in [-0.05, 0) is 50.6 Å². The van der Waals surface area contributed by atoms with Crippen molar-refractivity contribution in [3.05, 3.63) is 35.6 Å². The molecule has 1 fully saturated rings. The molecule has 0 spiro atoms. The van der Waals surface area contributed by atoms with Crippen LogP contribution in [0.25, 0.3) is 0 Å². The van der Waals surface area contributed by atoms with Gasteiger partial charge in [0.25, 0.3) is 0 Å². The van der Waals surface area contributed by atoms with Crippen molar-refractivity contribution in [1.82, 2.24) is 10.2 Å². The molecular formula is C16H27FN2. The molecule has 3 heteroatoms. The number of hydrogen-bond donors (Lipinski definition) is 1. The van der Waals surface area contributed by atoms with Crippen LogP contribution in [0.15, 0.2) is 24.3 Å². The van der Waals surface area contributed by atoms with Crippen molar-refractivity contribution >= 4 is 0 Å². The highest BCUT2D eigenvalue weighted by atomic mass is 19.1. The maximum absolute atomic E-state index is 12.8. The number of hydrogen-bond acceptors (Lipinski definition) is 2. The molecule has 1 aliphatic heterocycles. The summed E-state index contributed by atoms with van der Waals surface area (Å²) in [6, 6.07) is 7.03. The molecule has 19 heavy (non-hydrogen) atoms. The highest BCUT2D eigenvalue weighted by molar-refractivity contribution is 5.19. The maximum Gasteiger partial charge on any atom is 0.123 e. The van der Waals surface area contributed by atoms with E-state index in [2.05, 4.69) is 17.1 Å². The molecule has 2 nitrogen and oxygen atoms in total. The van der Waals surface area contributed by atoms with E-state index in [1.165, 1.54) is 38.1 Å². The topological polar surface area (TPSA) is 15.3 Å². The summed E-state index contributed by atoms with van der Waals surface area (Å²) >= 11 is 0. The van der Waals surface area contributed by atoms with Crippen molar-refractivity contribution in [2.75, 3.05) is 26.2 Å². The van der Waals surface area contributed by atoms with Crippen LogP contribution in [0, 0.1) is 5.82 Å². The van der Waals surface area contributed by atoms with E-state index in [1.54, 1.807) is 0 Å². The number of benzene rings is 1. The third-order valence-corrected chi connectivity index (χ3v) is 3.45. The zero-order chi connectivity index (χ0) is 14.1. The summed E-state index contributed by atoms with van der Waals surface area (Å²) in [5.41, 5.74) is 1.15. The van der Waals surface area contributed by atoms with Gasteiger partial charge in [-0.3, -0.25) is 0 Å². The second-order valence-corrected chi connectivity index (χ2v) is 4.78. The molecule has 0 saturated carbocycles. The van der Waals surface area contributed by atoms with Crippen LogP contribution in [0.3, 0.4) is 0 Å². The fourth-order valence-corrected chi connectivity index (χ4v) is 2.31. The standard InChI is InChI=1S/C14H21FN2.C2H6/c1-12(13-4-6-14(15)7-5-13)16-8-11-17-9-2-3-10-17;1-2/h4-7,12,16H,2-3,8-11H2,1H3;1-2H3. The summed E-state index contributed by atoms with van der Waals surface area (Å²) in [6.45, 7) is 10.7. The third-order valence-electron chi connectivity index (χ3n) is 3.45. The van der Waals surface area contributed by atoms with Crippen LogP contribution in [-0.4, -0.2) is 31.1 Å². The van der Waals surface area contributed by atoms with Gasteiger partial charge in [0.15, 0.2) is 0 Å². The van der Waals surface area contributed by atoms with Gasteiger partial charge in [0, 0.05) is 19.1 Å². The van der Waals surface area contributed by atoms with Crippen molar-refractivity contribution < 1.29 is 4.39 Å². The smallest absolute Gasteiger partial charge is 0.123 e. The molecule has 0 bridgehead atoms. The first-order valence-electron chi connectivity index (χ1n) is 7.47. The molecular weight excluding hydrogens is 239 g/mol. The van der Waals surface area contributed by atoms with Gasteiger partial charge in [0.1, 0.15) is 5.82 Å². The lowest BCUT2D eigenvalue weighted by atomic mass is 10.1. The number of nitrogens with one attached hydrogen (secondary N) is 1. The van der Waals surface area contributed by atoms with E-state index < -0.39 is 0 Å². The molecule has 1 aliphatic rings. The van der Waals surface area contributed by atoms with Crippen LogP contribution in [0.4, 0.5) is 4.39 Å². The van der Waals surface area contributed by atoms with Gasteiger partial charge in [-0.1, -0.05) is 26.0 Å². The largest absolute Gasteiger partial charge is 0.309 e. The summed E-state index contributed by atoms with van der Waals surface area (Å²) < 4.78 is 12.8. The van der Waals surface area contributed by atoms with Gasteiger partial charge >= 0.3 is 0 Å². The lowest BCUT2D eigenvalue weighted by molar-refractivity contribution is 0.330. The second kappa shape index (κ2) is 9.05. The molecule has 1 atom stereocenters. The van der Waals surface area contributed by atoms with Crippen molar-refractivity contribution in [2.24, 2.45) is 0 Å². The normalized spacial score (nSPS) is 16.8. The summed E-state index contributed by atoms with van der Waals surface area (Å²) in [5.74, 6) is -0.169. The molecule has 1 aromatic rings. The first kappa shape index (κ1) is 16.1. The Balaban J connectivity index is 0.000000861. The second-order valence-electron chi connectivity index (χ2n) is 4.78. The lowest BCUT2D eigenvalue weighted by Gasteiger charge is -2.18. The number of rotatable bonds is 5. The molecule has 0 amide bonds. The minimum absolute atomic E-state index is 0.169. The Labute approximate surface area is 117 Å².